The zero-order chi connectivity index (χ0) is 12.1. The fraction of sp³-hybridized carbons (Fsp3) is 0.429. The molecule has 0 atom stereocenters. The molecule has 1 saturated carbocycles. The van der Waals surface area contributed by atoms with Crippen LogP contribution in [0.15, 0.2) is 18.2 Å². The summed E-state index contributed by atoms with van der Waals surface area (Å²) < 4.78 is 18.9. The molecule has 1 nitrogen and oxygen atoms in total. The first-order valence-corrected chi connectivity index (χ1v) is 6.30. The van der Waals surface area contributed by atoms with Crippen molar-refractivity contribution in [1.29, 1.82) is 0 Å². The molecule has 1 fully saturated rings. The van der Waals surface area contributed by atoms with E-state index in [-0.39, 0.29) is 5.82 Å². The minimum absolute atomic E-state index is 0.301. The Balaban J connectivity index is 2.03. The first kappa shape index (κ1) is 12.3. The summed E-state index contributed by atoms with van der Waals surface area (Å²) in [5, 5.41) is 0. The van der Waals surface area contributed by atoms with E-state index in [1.165, 1.54) is 18.9 Å². The van der Waals surface area contributed by atoms with Crippen LogP contribution in [0.1, 0.15) is 24.8 Å². The van der Waals surface area contributed by atoms with Crippen molar-refractivity contribution in [1.82, 2.24) is 0 Å². The number of halogens is 2. The van der Waals surface area contributed by atoms with Crippen molar-refractivity contribution in [3.8, 4) is 17.6 Å². The zero-order valence-corrected chi connectivity index (χ0v) is 10.3. The number of hydrogen-bond acceptors (Lipinski definition) is 1. The summed E-state index contributed by atoms with van der Waals surface area (Å²) in [6.45, 7) is 0.607. The second-order valence-corrected chi connectivity index (χ2v) is 4.52. The van der Waals surface area contributed by atoms with Crippen LogP contribution in [0.3, 0.4) is 0 Å². The highest BCUT2D eigenvalue weighted by atomic mass is 35.5. The van der Waals surface area contributed by atoms with E-state index in [2.05, 4.69) is 11.8 Å². The van der Waals surface area contributed by atoms with Gasteiger partial charge in [-0.15, -0.1) is 11.6 Å². The molecule has 2 rings (SSSR count). The van der Waals surface area contributed by atoms with Crippen LogP contribution in [-0.2, 0) is 0 Å². The van der Waals surface area contributed by atoms with Crippen LogP contribution in [0.5, 0.6) is 5.75 Å². The molecule has 17 heavy (non-hydrogen) atoms. The van der Waals surface area contributed by atoms with Crippen LogP contribution in [0.4, 0.5) is 4.39 Å². The molecule has 1 aliphatic rings. The molecule has 3 heteroatoms. The van der Waals surface area contributed by atoms with Crippen molar-refractivity contribution in [2.75, 3.05) is 12.5 Å². The SMILES string of the molecule is Fc1ccc(C#CCCCl)cc1OCC1CC1. The molecule has 0 aliphatic heterocycles. The molecule has 1 aliphatic carbocycles. The lowest BCUT2D eigenvalue weighted by Gasteiger charge is -2.06. The third-order valence-electron chi connectivity index (χ3n) is 2.55. The van der Waals surface area contributed by atoms with Gasteiger partial charge in [-0.2, -0.15) is 0 Å². The van der Waals surface area contributed by atoms with Gasteiger partial charge in [0, 0.05) is 17.9 Å². The Hall–Kier alpha value is -1.20. The van der Waals surface area contributed by atoms with Crippen molar-refractivity contribution in [2.24, 2.45) is 5.92 Å². The number of hydrogen-bond donors (Lipinski definition) is 0. The molecule has 0 radical (unpaired) electrons. The van der Waals surface area contributed by atoms with E-state index in [9.17, 15) is 4.39 Å². The van der Waals surface area contributed by atoms with Gasteiger partial charge in [-0.05, 0) is 37.0 Å². The van der Waals surface area contributed by atoms with Gasteiger partial charge >= 0.3 is 0 Å². The third kappa shape index (κ3) is 3.94. The van der Waals surface area contributed by atoms with Crippen molar-refractivity contribution < 1.29 is 9.13 Å². The minimum Gasteiger partial charge on any atom is -0.490 e. The van der Waals surface area contributed by atoms with Gasteiger partial charge in [0.1, 0.15) is 0 Å². The van der Waals surface area contributed by atoms with E-state index >= 15 is 0 Å². The second-order valence-electron chi connectivity index (χ2n) is 4.14. The number of benzene rings is 1. The topological polar surface area (TPSA) is 9.23 Å². The predicted molar refractivity (Wildman–Crippen MR) is 66.8 cm³/mol. The van der Waals surface area contributed by atoms with Gasteiger partial charge in [0.2, 0.25) is 0 Å². The van der Waals surface area contributed by atoms with Crippen LogP contribution in [0.25, 0.3) is 0 Å². The van der Waals surface area contributed by atoms with E-state index in [4.69, 9.17) is 16.3 Å². The van der Waals surface area contributed by atoms with E-state index in [1.54, 1.807) is 12.1 Å². The highest BCUT2D eigenvalue weighted by Gasteiger charge is 2.22. The standard InChI is InChI=1S/C14H14ClFO/c15-8-2-1-3-11-6-7-13(16)14(9-11)17-10-12-4-5-12/h6-7,9,12H,2,4-5,8,10H2. The molecular weight excluding hydrogens is 239 g/mol. The number of alkyl halides is 1. The summed E-state index contributed by atoms with van der Waals surface area (Å²) in [6, 6.07) is 4.70. The van der Waals surface area contributed by atoms with E-state index in [0.717, 1.165) is 5.56 Å². The Morgan fingerprint density at radius 3 is 2.94 bits per heavy atom. The third-order valence-corrected chi connectivity index (χ3v) is 2.74. The quantitative estimate of drug-likeness (QED) is 0.588. The molecule has 1 aromatic carbocycles. The van der Waals surface area contributed by atoms with Gasteiger partial charge in [-0.3, -0.25) is 0 Å². The molecule has 0 aromatic heterocycles. The van der Waals surface area contributed by atoms with Gasteiger partial charge in [0.05, 0.1) is 6.61 Å². The second kappa shape index (κ2) is 5.93. The van der Waals surface area contributed by atoms with Gasteiger partial charge in [-0.25, -0.2) is 4.39 Å². The van der Waals surface area contributed by atoms with E-state index in [1.807, 2.05) is 0 Å². The van der Waals surface area contributed by atoms with Gasteiger partial charge < -0.3 is 4.74 Å². The Labute approximate surface area is 106 Å². The monoisotopic (exact) mass is 252 g/mol. The molecule has 0 bridgehead atoms. The minimum atomic E-state index is -0.325. The van der Waals surface area contributed by atoms with Crippen molar-refractivity contribution in [3.05, 3.63) is 29.6 Å². The Morgan fingerprint density at radius 1 is 1.41 bits per heavy atom. The first-order chi connectivity index (χ1) is 8.29. The molecule has 0 N–H and O–H groups in total. The molecule has 90 valence electrons. The summed E-state index contributed by atoms with van der Waals surface area (Å²) in [6.07, 6.45) is 3.02. The summed E-state index contributed by atoms with van der Waals surface area (Å²) in [5.74, 6) is 6.95. The maximum Gasteiger partial charge on any atom is 0.165 e. The lowest BCUT2D eigenvalue weighted by Crippen LogP contribution is -2.01. The summed E-state index contributed by atoms with van der Waals surface area (Å²) in [4.78, 5) is 0. The smallest absolute Gasteiger partial charge is 0.165 e. The molecule has 0 saturated heterocycles. The molecule has 0 unspecified atom stereocenters. The average molecular weight is 253 g/mol. The van der Waals surface area contributed by atoms with Gasteiger partial charge in [-0.1, -0.05) is 11.8 Å². The molecule has 0 heterocycles. The van der Waals surface area contributed by atoms with Crippen molar-refractivity contribution in [2.45, 2.75) is 19.3 Å². The normalized spacial score (nSPS) is 14.0. The van der Waals surface area contributed by atoms with Crippen LogP contribution in [-0.4, -0.2) is 12.5 Å². The van der Waals surface area contributed by atoms with Crippen LogP contribution in [0.2, 0.25) is 0 Å². The lowest BCUT2D eigenvalue weighted by atomic mass is 10.2. The average Bonchev–Trinajstić information content (AvgIpc) is 3.14. The fourth-order valence-electron chi connectivity index (χ4n) is 1.40. The van der Waals surface area contributed by atoms with Crippen LogP contribution < -0.4 is 4.74 Å². The maximum atomic E-state index is 13.4. The van der Waals surface area contributed by atoms with Gasteiger partial charge in [0.25, 0.3) is 0 Å². The van der Waals surface area contributed by atoms with Crippen LogP contribution >= 0.6 is 11.6 Å². The maximum absolute atomic E-state index is 13.4. The number of ether oxygens (including phenoxy) is 1. The Morgan fingerprint density at radius 2 is 2.24 bits per heavy atom. The first-order valence-electron chi connectivity index (χ1n) is 5.77. The largest absolute Gasteiger partial charge is 0.490 e. The lowest BCUT2D eigenvalue weighted by molar-refractivity contribution is 0.285. The summed E-state index contributed by atoms with van der Waals surface area (Å²) in [5.41, 5.74) is 0.766. The molecule has 0 spiro atoms. The molecule has 0 amide bonds. The molecule has 1 aromatic rings. The zero-order valence-electron chi connectivity index (χ0n) is 9.51. The predicted octanol–water partition coefficient (Wildman–Crippen LogP) is 3.59. The summed E-state index contributed by atoms with van der Waals surface area (Å²) >= 11 is 5.53. The van der Waals surface area contributed by atoms with Crippen molar-refractivity contribution in [3.63, 3.8) is 0 Å². The van der Waals surface area contributed by atoms with E-state index < -0.39 is 0 Å². The van der Waals surface area contributed by atoms with Crippen molar-refractivity contribution >= 4 is 11.6 Å². The molecular formula is C14H14ClFO. The Bertz CT molecular complexity index is 443. The fourth-order valence-corrected chi connectivity index (χ4v) is 1.49. The summed E-state index contributed by atoms with van der Waals surface area (Å²) in [7, 11) is 0. The highest BCUT2D eigenvalue weighted by Crippen LogP contribution is 2.30. The van der Waals surface area contributed by atoms with E-state index in [0.29, 0.717) is 30.6 Å². The van der Waals surface area contributed by atoms with Gasteiger partial charge in [0.15, 0.2) is 11.6 Å². The van der Waals surface area contributed by atoms with Crippen LogP contribution in [0, 0.1) is 23.6 Å². The highest BCUT2D eigenvalue weighted by molar-refractivity contribution is 6.18. The number of rotatable bonds is 4. The Kier molecular flexibility index (Phi) is 4.28.